The number of hydrogen-bond donors (Lipinski definition) is 1. The fourth-order valence-electron chi connectivity index (χ4n) is 1.71. The van der Waals surface area contributed by atoms with Crippen LogP contribution in [0.4, 0.5) is 8.78 Å². The first-order valence-corrected chi connectivity index (χ1v) is 6.19. The summed E-state index contributed by atoms with van der Waals surface area (Å²) in [6.07, 6.45) is -1.01. The van der Waals surface area contributed by atoms with Gasteiger partial charge in [0.15, 0.2) is 11.5 Å². The molecule has 3 aromatic rings. The molecule has 0 spiro atoms. The van der Waals surface area contributed by atoms with Crippen molar-refractivity contribution in [2.24, 2.45) is 0 Å². The number of rotatable bonds is 2. The largest absolute Gasteiger partial charge is 0.335 e. The van der Waals surface area contributed by atoms with Crippen LogP contribution >= 0.6 is 11.3 Å². The number of halogens is 2. The molecule has 4 nitrogen and oxygen atoms in total. The van der Waals surface area contributed by atoms with Gasteiger partial charge in [-0.15, -0.1) is 11.3 Å². The molecule has 19 heavy (non-hydrogen) atoms. The first-order valence-electron chi connectivity index (χ1n) is 5.31. The third-order valence-electron chi connectivity index (χ3n) is 2.62. The van der Waals surface area contributed by atoms with Crippen LogP contribution in [0.2, 0.25) is 0 Å². The van der Waals surface area contributed by atoms with Gasteiger partial charge in [-0.3, -0.25) is 0 Å². The summed E-state index contributed by atoms with van der Waals surface area (Å²) < 4.78 is 25.1. The third-order valence-corrected chi connectivity index (χ3v) is 3.57. The van der Waals surface area contributed by atoms with Crippen molar-refractivity contribution in [1.82, 2.24) is 15.0 Å². The van der Waals surface area contributed by atoms with Crippen LogP contribution in [-0.2, 0) is 0 Å². The highest BCUT2D eigenvalue weighted by atomic mass is 32.1. The number of hydrogen-bond acceptors (Lipinski definition) is 4. The maximum atomic E-state index is 12.5. The topological polar surface area (TPSA) is 65.4 Å². The lowest BCUT2D eigenvalue weighted by Gasteiger charge is -1.90. The van der Waals surface area contributed by atoms with Crippen LogP contribution in [0.25, 0.3) is 21.9 Å². The number of H-pyrrole nitrogens is 1. The van der Waals surface area contributed by atoms with E-state index >= 15 is 0 Å². The van der Waals surface area contributed by atoms with E-state index in [9.17, 15) is 8.78 Å². The second kappa shape index (κ2) is 4.40. The highest BCUT2D eigenvalue weighted by molar-refractivity contribution is 7.13. The van der Waals surface area contributed by atoms with Crippen molar-refractivity contribution in [3.05, 3.63) is 34.8 Å². The van der Waals surface area contributed by atoms with Gasteiger partial charge in [-0.25, -0.2) is 18.7 Å². The molecule has 0 unspecified atom stereocenters. The Morgan fingerprint density at radius 3 is 2.95 bits per heavy atom. The van der Waals surface area contributed by atoms with Crippen LogP contribution in [0.5, 0.6) is 0 Å². The SMILES string of the molecule is N#Cc1ccnc2nc(-c3cc(C(F)F)cs3)[nH]c12. The quantitative estimate of drug-likeness (QED) is 0.779. The van der Waals surface area contributed by atoms with Gasteiger partial charge in [0.2, 0.25) is 0 Å². The monoisotopic (exact) mass is 276 g/mol. The highest BCUT2D eigenvalue weighted by Crippen LogP contribution is 2.31. The Bertz CT molecular complexity index is 784. The zero-order chi connectivity index (χ0) is 13.4. The van der Waals surface area contributed by atoms with E-state index in [1.165, 1.54) is 29.0 Å². The lowest BCUT2D eigenvalue weighted by molar-refractivity contribution is 0.152. The second-order valence-corrected chi connectivity index (χ2v) is 4.71. The summed E-state index contributed by atoms with van der Waals surface area (Å²) in [5.41, 5.74) is 1.32. The second-order valence-electron chi connectivity index (χ2n) is 3.80. The number of nitrogens with one attached hydrogen (secondary N) is 1. The summed E-state index contributed by atoms with van der Waals surface area (Å²) in [4.78, 5) is 11.8. The Kier molecular flexibility index (Phi) is 2.72. The van der Waals surface area contributed by atoms with E-state index in [4.69, 9.17) is 5.26 Å². The van der Waals surface area contributed by atoms with Crippen molar-refractivity contribution in [2.45, 2.75) is 6.43 Å². The lowest BCUT2D eigenvalue weighted by Crippen LogP contribution is -1.80. The van der Waals surface area contributed by atoms with Crippen LogP contribution in [0.15, 0.2) is 23.7 Å². The van der Waals surface area contributed by atoms with Crippen LogP contribution in [0, 0.1) is 11.3 Å². The Balaban J connectivity index is 2.13. The predicted octanol–water partition coefficient (Wildman–Crippen LogP) is 3.50. The minimum absolute atomic E-state index is 0.0334. The van der Waals surface area contributed by atoms with Crippen LogP contribution in [0.3, 0.4) is 0 Å². The number of alkyl halides is 2. The number of fused-ring (bicyclic) bond motifs is 1. The van der Waals surface area contributed by atoms with Crippen molar-refractivity contribution in [2.75, 3.05) is 0 Å². The van der Waals surface area contributed by atoms with Crippen molar-refractivity contribution in [3.63, 3.8) is 0 Å². The molecule has 0 saturated heterocycles. The Morgan fingerprint density at radius 2 is 2.26 bits per heavy atom. The zero-order valence-corrected chi connectivity index (χ0v) is 10.2. The first kappa shape index (κ1) is 11.7. The molecule has 0 atom stereocenters. The summed E-state index contributed by atoms with van der Waals surface area (Å²) in [6.45, 7) is 0. The molecular formula is C12H6F2N4S. The smallest absolute Gasteiger partial charge is 0.264 e. The molecule has 0 aliphatic heterocycles. The molecule has 3 rings (SSSR count). The number of aromatic nitrogens is 3. The van der Waals surface area contributed by atoms with Crippen LogP contribution in [-0.4, -0.2) is 15.0 Å². The van der Waals surface area contributed by atoms with Crippen LogP contribution < -0.4 is 0 Å². The Hall–Kier alpha value is -2.33. The molecule has 0 amide bonds. The number of imidazole rings is 1. The molecule has 7 heteroatoms. The normalized spacial score (nSPS) is 11.1. The van der Waals surface area contributed by atoms with Gasteiger partial charge in [-0.05, 0) is 12.1 Å². The Labute approximate surface area is 110 Å². The fraction of sp³-hybridized carbons (Fsp3) is 0.0833. The van der Waals surface area contributed by atoms with E-state index in [1.54, 1.807) is 6.07 Å². The van der Waals surface area contributed by atoms with Crippen molar-refractivity contribution in [1.29, 1.82) is 5.26 Å². The predicted molar refractivity (Wildman–Crippen MR) is 66.9 cm³/mol. The van der Waals surface area contributed by atoms with Gasteiger partial charge in [0, 0.05) is 17.1 Å². The summed E-state index contributed by atoms with van der Waals surface area (Å²) in [5, 5.41) is 10.4. The summed E-state index contributed by atoms with van der Waals surface area (Å²) in [7, 11) is 0. The molecule has 0 bridgehead atoms. The molecule has 1 N–H and O–H groups in total. The van der Waals surface area contributed by atoms with Gasteiger partial charge >= 0.3 is 0 Å². The summed E-state index contributed by atoms with van der Waals surface area (Å²) in [5.74, 6) is 0.446. The van der Waals surface area contributed by atoms with Crippen LogP contribution in [0.1, 0.15) is 17.6 Å². The van der Waals surface area contributed by atoms with E-state index < -0.39 is 6.43 Å². The number of pyridine rings is 1. The molecule has 0 fully saturated rings. The van der Waals surface area contributed by atoms with E-state index in [0.717, 1.165) is 0 Å². The number of aromatic amines is 1. The van der Waals surface area contributed by atoms with Gasteiger partial charge in [0.25, 0.3) is 6.43 Å². The van der Waals surface area contributed by atoms with Gasteiger partial charge in [-0.2, -0.15) is 5.26 Å². The fourth-order valence-corrected chi connectivity index (χ4v) is 2.56. The molecule has 0 aromatic carbocycles. The number of nitriles is 1. The molecule has 3 heterocycles. The van der Waals surface area contributed by atoms with E-state index in [0.29, 0.717) is 27.4 Å². The van der Waals surface area contributed by atoms with Crippen molar-refractivity contribution >= 4 is 22.5 Å². The van der Waals surface area contributed by atoms with E-state index in [1.807, 2.05) is 6.07 Å². The average Bonchev–Trinajstić information content (AvgIpc) is 3.04. The van der Waals surface area contributed by atoms with Gasteiger partial charge in [0.1, 0.15) is 11.6 Å². The first-order chi connectivity index (χ1) is 9.19. The third kappa shape index (κ3) is 1.96. The van der Waals surface area contributed by atoms with Gasteiger partial charge < -0.3 is 4.98 Å². The van der Waals surface area contributed by atoms with E-state index in [2.05, 4.69) is 15.0 Å². The minimum Gasteiger partial charge on any atom is -0.335 e. The Morgan fingerprint density at radius 1 is 1.42 bits per heavy atom. The standard InChI is InChI=1S/C12H6F2N4S/c13-10(14)7-3-8(19-5-7)11-17-9-6(4-15)1-2-16-12(9)18-11/h1-3,5,10H,(H,16,17,18). The highest BCUT2D eigenvalue weighted by Gasteiger charge is 2.14. The molecule has 94 valence electrons. The summed E-state index contributed by atoms with van der Waals surface area (Å²) >= 11 is 1.18. The molecule has 3 aromatic heterocycles. The van der Waals surface area contributed by atoms with E-state index in [-0.39, 0.29) is 5.56 Å². The molecule has 0 radical (unpaired) electrons. The van der Waals surface area contributed by atoms with Crippen molar-refractivity contribution < 1.29 is 8.78 Å². The van der Waals surface area contributed by atoms with Gasteiger partial charge in [0.05, 0.1) is 10.4 Å². The lowest BCUT2D eigenvalue weighted by atomic mass is 10.3. The number of thiophene rings is 1. The molecular weight excluding hydrogens is 270 g/mol. The number of nitrogens with zero attached hydrogens (tertiary/aromatic N) is 3. The molecule has 0 aliphatic carbocycles. The molecule has 0 aliphatic rings. The van der Waals surface area contributed by atoms with Crippen molar-refractivity contribution in [3.8, 4) is 16.8 Å². The summed E-state index contributed by atoms with van der Waals surface area (Å²) in [6, 6.07) is 4.99. The average molecular weight is 276 g/mol. The minimum atomic E-state index is -2.50. The molecule has 0 saturated carbocycles. The zero-order valence-electron chi connectivity index (χ0n) is 9.39. The maximum absolute atomic E-state index is 12.5. The maximum Gasteiger partial charge on any atom is 0.264 e. The van der Waals surface area contributed by atoms with Gasteiger partial charge in [-0.1, -0.05) is 0 Å².